The summed E-state index contributed by atoms with van der Waals surface area (Å²) in [6.45, 7) is 8.55. The number of amides is 1. The van der Waals surface area contributed by atoms with Crippen LogP contribution in [0.15, 0.2) is 16.8 Å². The van der Waals surface area contributed by atoms with Crippen LogP contribution in [0.1, 0.15) is 43.5 Å². The predicted molar refractivity (Wildman–Crippen MR) is 90.0 cm³/mol. The number of carbonyl (C=O) groups excluding carboxylic acids is 1. The lowest BCUT2D eigenvalue weighted by Gasteiger charge is -2.20. The van der Waals surface area contributed by atoms with Gasteiger partial charge in [0.25, 0.3) is 0 Å². The number of hydrogen-bond donors (Lipinski definition) is 0. The van der Waals surface area contributed by atoms with Gasteiger partial charge < -0.3 is 9.42 Å². The fraction of sp³-hybridized carbons (Fsp3) is 0.471. The Morgan fingerprint density at radius 3 is 2.80 bits per heavy atom. The van der Waals surface area contributed by atoms with Crippen LogP contribution < -0.4 is 0 Å². The molecule has 1 atom stereocenters. The Labute approximate surface area is 144 Å². The van der Waals surface area contributed by atoms with E-state index in [1.165, 1.54) is 0 Å². The molecule has 8 heteroatoms. The van der Waals surface area contributed by atoms with Crippen molar-refractivity contribution in [3.63, 3.8) is 0 Å². The first kappa shape index (κ1) is 15.7. The van der Waals surface area contributed by atoms with Gasteiger partial charge in [-0.1, -0.05) is 5.16 Å². The van der Waals surface area contributed by atoms with Gasteiger partial charge in [0.15, 0.2) is 5.65 Å². The minimum atomic E-state index is -0.0607. The van der Waals surface area contributed by atoms with E-state index in [0.29, 0.717) is 30.3 Å². The molecule has 0 radical (unpaired) electrons. The summed E-state index contributed by atoms with van der Waals surface area (Å²) in [6.07, 6.45) is 2.11. The highest BCUT2D eigenvalue weighted by molar-refractivity contribution is 5.80. The lowest BCUT2D eigenvalue weighted by molar-refractivity contribution is -0.129. The number of aryl methyl sites for hydroxylation is 2. The van der Waals surface area contributed by atoms with E-state index in [2.05, 4.69) is 20.2 Å². The summed E-state index contributed by atoms with van der Waals surface area (Å²) in [7, 11) is 0. The summed E-state index contributed by atoms with van der Waals surface area (Å²) in [4.78, 5) is 23.0. The zero-order chi connectivity index (χ0) is 17.7. The van der Waals surface area contributed by atoms with Crippen molar-refractivity contribution in [2.24, 2.45) is 0 Å². The first-order valence-electron chi connectivity index (χ1n) is 8.39. The summed E-state index contributed by atoms with van der Waals surface area (Å²) in [5.74, 6) is 1.02. The Morgan fingerprint density at radius 2 is 2.08 bits per heavy atom. The third-order valence-electron chi connectivity index (χ3n) is 4.59. The van der Waals surface area contributed by atoms with Gasteiger partial charge >= 0.3 is 0 Å². The molecule has 0 bridgehead atoms. The van der Waals surface area contributed by atoms with Crippen molar-refractivity contribution < 1.29 is 9.32 Å². The monoisotopic (exact) mass is 340 g/mol. The topological polar surface area (TPSA) is 89.4 Å². The van der Waals surface area contributed by atoms with E-state index in [1.807, 2.05) is 38.7 Å². The van der Waals surface area contributed by atoms with Gasteiger partial charge in [-0.15, -0.1) is 0 Å². The highest BCUT2D eigenvalue weighted by atomic mass is 16.5. The van der Waals surface area contributed by atoms with Crippen LogP contribution in [0.25, 0.3) is 17.0 Å². The molecule has 0 unspecified atom stereocenters. The van der Waals surface area contributed by atoms with Crippen LogP contribution in [-0.2, 0) is 4.79 Å². The van der Waals surface area contributed by atoms with Crippen LogP contribution in [0, 0.1) is 13.8 Å². The Hall–Kier alpha value is -2.77. The number of rotatable bonds is 3. The number of likely N-dealkylation sites (tertiary alicyclic amines) is 1. The summed E-state index contributed by atoms with van der Waals surface area (Å²) in [5, 5.41) is 8.46. The zero-order valence-corrected chi connectivity index (χ0v) is 14.7. The molecule has 3 aromatic rings. The summed E-state index contributed by atoms with van der Waals surface area (Å²) in [5.41, 5.74) is 3.33. The zero-order valence-electron chi connectivity index (χ0n) is 14.7. The first-order chi connectivity index (χ1) is 11.9. The third-order valence-corrected chi connectivity index (χ3v) is 4.59. The molecule has 8 nitrogen and oxygen atoms in total. The molecule has 0 saturated carbocycles. The molecule has 0 aromatic carbocycles. The average molecular weight is 340 g/mol. The van der Waals surface area contributed by atoms with Crippen LogP contribution >= 0.6 is 0 Å². The second-order valence-electron chi connectivity index (χ2n) is 6.83. The van der Waals surface area contributed by atoms with Crippen LogP contribution in [0.2, 0.25) is 0 Å². The average Bonchev–Trinajstić information content (AvgIpc) is 3.23. The van der Waals surface area contributed by atoms with E-state index in [4.69, 9.17) is 4.52 Å². The molecule has 1 aliphatic heterocycles. The molecule has 3 aromatic heterocycles. The van der Waals surface area contributed by atoms with Crippen molar-refractivity contribution in [2.75, 3.05) is 6.54 Å². The van der Waals surface area contributed by atoms with Gasteiger partial charge in [-0.2, -0.15) is 10.1 Å². The number of nitrogens with zero attached hydrogens (tertiary/aromatic N) is 6. The van der Waals surface area contributed by atoms with Crippen molar-refractivity contribution in [3.05, 3.63) is 29.5 Å². The minimum absolute atomic E-state index is 0.0607. The summed E-state index contributed by atoms with van der Waals surface area (Å²) < 4.78 is 7.22. The Bertz CT molecular complexity index is 957. The fourth-order valence-electron chi connectivity index (χ4n) is 3.33. The summed E-state index contributed by atoms with van der Waals surface area (Å²) >= 11 is 0. The van der Waals surface area contributed by atoms with Gasteiger partial charge in [-0.25, -0.2) is 9.50 Å². The van der Waals surface area contributed by atoms with Crippen LogP contribution in [0.3, 0.4) is 0 Å². The van der Waals surface area contributed by atoms with E-state index in [9.17, 15) is 4.79 Å². The van der Waals surface area contributed by atoms with Gasteiger partial charge in [0.05, 0.1) is 17.7 Å². The molecular formula is C17H20N6O2. The molecule has 130 valence electrons. The van der Waals surface area contributed by atoms with Gasteiger partial charge in [0.1, 0.15) is 0 Å². The van der Waals surface area contributed by atoms with Gasteiger partial charge in [0, 0.05) is 30.4 Å². The maximum Gasteiger partial charge on any atom is 0.232 e. The second kappa shape index (κ2) is 5.65. The van der Waals surface area contributed by atoms with Crippen molar-refractivity contribution in [3.8, 4) is 11.4 Å². The van der Waals surface area contributed by atoms with Crippen LogP contribution in [0.5, 0.6) is 0 Å². The highest BCUT2D eigenvalue weighted by Crippen LogP contribution is 2.30. The molecular weight excluding hydrogens is 320 g/mol. The Kier molecular flexibility index (Phi) is 3.55. The second-order valence-corrected chi connectivity index (χ2v) is 6.83. The normalized spacial score (nSPS) is 18.0. The van der Waals surface area contributed by atoms with Gasteiger partial charge in [0.2, 0.25) is 17.6 Å². The van der Waals surface area contributed by atoms with Gasteiger partial charge in [-0.3, -0.25) is 4.79 Å². The lowest BCUT2D eigenvalue weighted by atomic mass is 10.1. The smallest absolute Gasteiger partial charge is 0.232 e. The van der Waals surface area contributed by atoms with E-state index in [1.54, 1.807) is 10.7 Å². The molecule has 1 saturated heterocycles. The molecule has 1 amide bonds. The first-order valence-corrected chi connectivity index (χ1v) is 8.39. The maximum absolute atomic E-state index is 12.1. The van der Waals surface area contributed by atoms with Crippen LogP contribution in [-0.4, -0.2) is 48.1 Å². The molecule has 1 fully saturated rings. The SMILES string of the molecule is Cc1cc(C)n2ncc(-c3noc([C@@H]4CC(=O)N(C(C)C)C4)n3)c2n1. The van der Waals surface area contributed by atoms with Crippen molar-refractivity contribution >= 4 is 11.6 Å². The molecule has 0 spiro atoms. The van der Waals surface area contributed by atoms with Gasteiger partial charge in [-0.05, 0) is 33.8 Å². The Morgan fingerprint density at radius 1 is 1.28 bits per heavy atom. The predicted octanol–water partition coefficient (Wildman–Crippen LogP) is 2.12. The fourth-order valence-corrected chi connectivity index (χ4v) is 3.33. The third kappa shape index (κ3) is 2.57. The largest absolute Gasteiger partial charge is 0.339 e. The number of aromatic nitrogens is 5. The van der Waals surface area contributed by atoms with Crippen molar-refractivity contribution in [2.45, 2.75) is 46.1 Å². The maximum atomic E-state index is 12.1. The molecule has 4 rings (SSSR count). The molecule has 0 aliphatic carbocycles. The number of carbonyl (C=O) groups is 1. The van der Waals surface area contributed by atoms with E-state index >= 15 is 0 Å². The molecule has 4 heterocycles. The van der Waals surface area contributed by atoms with E-state index in [-0.39, 0.29) is 17.9 Å². The van der Waals surface area contributed by atoms with E-state index in [0.717, 1.165) is 17.0 Å². The van der Waals surface area contributed by atoms with Crippen LogP contribution in [0.4, 0.5) is 0 Å². The quantitative estimate of drug-likeness (QED) is 0.725. The van der Waals surface area contributed by atoms with E-state index < -0.39 is 0 Å². The Balaban J connectivity index is 1.68. The number of fused-ring (bicyclic) bond motifs is 1. The molecule has 0 N–H and O–H groups in total. The van der Waals surface area contributed by atoms with Crippen molar-refractivity contribution in [1.82, 2.24) is 29.6 Å². The minimum Gasteiger partial charge on any atom is -0.339 e. The van der Waals surface area contributed by atoms with Crippen molar-refractivity contribution in [1.29, 1.82) is 0 Å². The number of hydrogen-bond acceptors (Lipinski definition) is 6. The standard InChI is InChI=1S/C17H20N6O2/c1-9(2)22-8-12(6-14(22)24)17-20-15(21-25-17)13-7-18-23-11(4)5-10(3)19-16(13)23/h5,7,9,12H,6,8H2,1-4H3/t12-/m1/s1. The lowest BCUT2D eigenvalue weighted by Crippen LogP contribution is -2.31. The molecule has 1 aliphatic rings. The highest BCUT2D eigenvalue weighted by Gasteiger charge is 2.35. The molecule has 25 heavy (non-hydrogen) atoms. The summed E-state index contributed by atoms with van der Waals surface area (Å²) in [6, 6.07) is 2.14.